The van der Waals surface area contributed by atoms with Crippen molar-refractivity contribution in [2.24, 2.45) is 5.73 Å². The number of ether oxygens (including phenoxy) is 2. The van der Waals surface area contributed by atoms with E-state index in [1.807, 2.05) is 30.3 Å². The van der Waals surface area contributed by atoms with Gasteiger partial charge in [-0.3, -0.25) is 4.79 Å². The van der Waals surface area contributed by atoms with E-state index in [1.165, 1.54) is 12.6 Å². The van der Waals surface area contributed by atoms with Gasteiger partial charge in [0.25, 0.3) is 5.91 Å². The smallest absolute Gasteiger partial charge is 0.255 e. The van der Waals surface area contributed by atoms with Gasteiger partial charge in [0, 0.05) is 12.2 Å². The Bertz CT molecular complexity index is 957. The minimum Gasteiger partial charge on any atom is -0.457 e. The number of nitrogens with one attached hydrogen (secondary N) is 1. The largest absolute Gasteiger partial charge is 0.457 e. The van der Waals surface area contributed by atoms with Crippen LogP contribution >= 0.6 is 0 Å². The minimum absolute atomic E-state index is 0.126. The van der Waals surface area contributed by atoms with Gasteiger partial charge in [0.1, 0.15) is 22.8 Å². The fourth-order valence-corrected chi connectivity index (χ4v) is 2.73. The minimum atomic E-state index is -0.644. The molecule has 7 nitrogen and oxygen atoms in total. The number of nitrogens with zero attached hydrogens (tertiary/aromatic N) is 2. The number of primary amides is 1. The molecule has 142 valence electrons. The lowest BCUT2D eigenvalue weighted by Gasteiger charge is -2.26. The maximum absolute atomic E-state index is 11.7. The molecular formula is C21H20N4O3. The molecule has 0 radical (unpaired) electrons. The van der Waals surface area contributed by atoms with Gasteiger partial charge in [-0.2, -0.15) is 4.98 Å². The van der Waals surface area contributed by atoms with Crippen LogP contribution in [0.1, 0.15) is 29.6 Å². The number of para-hydroxylation sites is 1. The van der Waals surface area contributed by atoms with Crippen LogP contribution in [0.3, 0.4) is 0 Å². The lowest BCUT2D eigenvalue weighted by molar-refractivity contribution is 0.0997. The molecule has 0 saturated heterocycles. The molecule has 1 amide bonds. The third-order valence-electron chi connectivity index (χ3n) is 4.47. The van der Waals surface area contributed by atoms with Crippen molar-refractivity contribution < 1.29 is 14.3 Å². The first kappa shape index (κ1) is 17.8. The lowest BCUT2D eigenvalue weighted by atomic mass is 9.93. The highest BCUT2D eigenvalue weighted by Crippen LogP contribution is 2.28. The van der Waals surface area contributed by atoms with Gasteiger partial charge in [0.2, 0.25) is 11.8 Å². The van der Waals surface area contributed by atoms with Gasteiger partial charge < -0.3 is 20.5 Å². The first-order valence-corrected chi connectivity index (χ1v) is 9.11. The molecule has 0 bridgehead atoms. The zero-order chi connectivity index (χ0) is 19.3. The summed E-state index contributed by atoms with van der Waals surface area (Å²) in [6.07, 6.45) is 4.75. The van der Waals surface area contributed by atoms with E-state index in [4.69, 9.17) is 15.2 Å². The van der Waals surface area contributed by atoms with Gasteiger partial charge >= 0.3 is 0 Å². The number of hydrogen-bond donors (Lipinski definition) is 2. The Balaban J connectivity index is 1.50. The number of amides is 1. The maximum atomic E-state index is 11.7. The van der Waals surface area contributed by atoms with E-state index in [0.717, 1.165) is 18.6 Å². The second-order valence-corrected chi connectivity index (χ2v) is 6.54. The quantitative estimate of drug-likeness (QED) is 0.643. The maximum Gasteiger partial charge on any atom is 0.255 e. The highest BCUT2D eigenvalue weighted by molar-refractivity contribution is 5.94. The van der Waals surface area contributed by atoms with Gasteiger partial charge in [-0.05, 0) is 55.7 Å². The average molecular weight is 376 g/mol. The Morgan fingerprint density at radius 1 is 0.964 bits per heavy atom. The highest BCUT2D eigenvalue weighted by Gasteiger charge is 2.20. The summed E-state index contributed by atoms with van der Waals surface area (Å²) in [7, 11) is 0. The number of aromatic nitrogens is 2. The number of carbonyl (C=O) groups excluding carboxylic acids is 1. The van der Waals surface area contributed by atoms with Gasteiger partial charge in [-0.25, -0.2) is 4.98 Å². The van der Waals surface area contributed by atoms with E-state index in [-0.39, 0.29) is 11.4 Å². The molecule has 1 aliphatic carbocycles. The number of carbonyl (C=O) groups is 1. The van der Waals surface area contributed by atoms with Crippen LogP contribution in [0.2, 0.25) is 0 Å². The summed E-state index contributed by atoms with van der Waals surface area (Å²) in [5, 5.41) is 3.23. The molecule has 28 heavy (non-hydrogen) atoms. The van der Waals surface area contributed by atoms with Gasteiger partial charge in [0.05, 0.1) is 0 Å². The molecule has 1 fully saturated rings. The molecule has 1 aromatic heterocycles. The molecule has 3 N–H and O–H groups in total. The third-order valence-corrected chi connectivity index (χ3v) is 4.47. The van der Waals surface area contributed by atoms with E-state index in [0.29, 0.717) is 23.5 Å². The number of hydrogen-bond acceptors (Lipinski definition) is 6. The molecule has 0 atom stereocenters. The molecule has 7 heteroatoms. The number of rotatable bonds is 7. The Morgan fingerprint density at radius 2 is 1.61 bits per heavy atom. The van der Waals surface area contributed by atoms with Crippen LogP contribution in [0.4, 0.5) is 5.95 Å². The summed E-state index contributed by atoms with van der Waals surface area (Å²) in [6.45, 7) is 0. The van der Waals surface area contributed by atoms with Gasteiger partial charge in [-0.15, -0.1) is 0 Å². The summed E-state index contributed by atoms with van der Waals surface area (Å²) in [4.78, 5) is 20.2. The van der Waals surface area contributed by atoms with Crippen LogP contribution in [0.15, 0.2) is 60.8 Å². The van der Waals surface area contributed by atoms with Crippen molar-refractivity contribution in [1.82, 2.24) is 9.97 Å². The van der Waals surface area contributed by atoms with Crippen LogP contribution in [0.25, 0.3) is 0 Å². The van der Waals surface area contributed by atoms with Crippen LogP contribution < -0.4 is 20.5 Å². The summed E-state index contributed by atoms with van der Waals surface area (Å²) in [6, 6.07) is 16.9. The summed E-state index contributed by atoms with van der Waals surface area (Å²) >= 11 is 0. The molecule has 3 aromatic rings. The topological polar surface area (TPSA) is 99.4 Å². The molecule has 1 aliphatic rings. The second-order valence-electron chi connectivity index (χ2n) is 6.54. The molecule has 0 aliphatic heterocycles. The zero-order valence-electron chi connectivity index (χ0n) is 15.2. The van der Waals surface area contributed by atoms with E-state index in [1.54, 1.807) is 24.3 Å². The molecule has 0 unspecified atom stereocenters. The molecular weight excluding hydrogens is 356 g/mol. The van der Waals surface area contributed by atoms with Crippen LogP contribution in [0, 0.1) is 0 Å². The lowest BCUT2D eigenvalue weighted by Crippen LogP contribution is -2.28. The molecule has 0 spiro atoms. The molecule has 4 rings (SSSR count). The zero-order valence-corrected chi connectivity index (χ0v) is 15.2. The Hall–Kier alpha value is -3.61. The summed E-state index contributed by atoms with van der Waals surface area (Å²) < 4.78 is 11.6. The Morgan fingerprint density at radius 3 is 2.21 bits per heavy atom. The Labute approximate surface area is 162 Å². The van der Waals surface area contributed by atoms with Crippen molar-refractivity contribution in [3.8, 4) is 23.1 Å². The number of benzene rings is 2. The van der Waals surface area contributed by atoms with Crippen molar-refractivity contribution >= 4 is 11.9 Å². The van der Waals surface area contributed by atoms with E-state index < -0.39 is 5.91 Å². The predicted molar refractivity (Wildman–Crippen MR) is 105 cm³/mol. The molecule has 2 aromatic carbocycles. The van der Waals surface area contributed by atoms with E-state index in [2.05, 4.69) is 15.3 Å². The van der Waals surface area contributed by atoms with Crippen molar-refractivity contribution in [2.45, 2.75) is 25.3 Å². The van der Waals surface area contributed by atoms with E-state index in [9.17, 15) is 4.79 Å². The molecule has 1 saturated carbocycles. The SMILES string of the molecule is NC(=O)c1cnc(NC2CCC2)nc1Oc1ccc(Oc2ccccc2)cc1. The summed E-state index contributed by atoms with van der Waals surface area (Å²) in [5.41, 5.74) is 5.56. The van der Waals surface area contributed by atoms with Gasteiger partial charge in [0.15, 0.2) is 0 Å². The third kappa shape index (κ3) is 4.20. The monoisotopic (exact) mass is 376 g/mol. The van der Waals surface area contributed by atoms with E-state index >= 15 is 0 Å². The van der Waals surface area contributed by atoms with Crippen molar-refractivity contribution in [3.63, 3.8) is 0 Å². The Kier molecular flexibility index (Phi) is 5.05. The highest BCUT2D eigenvalue weighted by atomic mass is 16.5. The standard InChI is InChI=1S/C21H20N4O3/c22-19(26)18-13-23-21(24-14-5-4-6-14)25-20(18)28-17-11-9-16(10-12-17)27-15-7-2-1-3-8-15/h1-3,7-14H,4-6H2,(H2,22,26)(H,23,24,25). The van der Waals surface area contributed by atoms with Crippen LogP contribution in [-0.2, 0) is 0 Å². The van der Waals surface area contributed by atoms with Crippen LogP contribution in [0.5, 0.6) is 23.1 Å². The van der Waals surface area contributed by atoms with Crippen LogP contribution in [-0.4, -0.2) is 21.9 Å². The summed E-state index contributed by atoms with van der Waals surface area (Å²) in [5.74, 6) is 1.83. The first-order chi connectivity index (χ1) is 13.7. The van der Waals surface area contributed by atoms with Crippen molar-refractivity contribution in [2.75, 3.05) is 5.32 Å². The first-order valence-electron chi connectivity index (χ1n) is 9.11. The normalized spacial score (nSPS) is 13.4. The number of anilines is 1. The fraction of sp³-hybridized carbons (Fsp3) is 0.190. The van der Waals surface area contributed by atoms with Crippen molar-refractivity contribution in [3.05, 3.63) is 66.4 Å². The van der Waals surface area contributed by atoms with Crippen molar-refractivity contribution in [1.29, 1.82) is 0 Å². The fourth-order valence-electron chi connectivity index (χ4n) is 2.73. The van der Waals surface area contributed by atoms with Gasteiger partial charge in [-0.1, -0.05) is 18.2 Å². The predicted octanol–water partition coefficient (Wildman–Crippen LogP) is 4.12. The molecule has 1 heterocycles. The second kappa shape index (κ2) is 7.96. The average Bonchev–Trinajstić information content (AvgIpc) is 2.67. The number of nitrogens with two attached hydrogens (primary N) is 1.